The van der Waals surface area contributed by atoms with Crippen molar-refractivity contribution in [2.75, 3.05) is 29.7 Å². The van der Waals surface area contributed by atoms with Crippen LogP contribution in [0.3, 0.4) is 0 Å². The molecule has 0 radical (unpaired) electrons. The van der Waals surface area contributed by atoms with Gasteiger partial charge in [-0.25, -0.2) is 8.42 Å². The number of thioether (sulfide) groups is 1. The minimum atomic E-state index is -3.07. The molecular weight excluding hydrogens is 384 g/mol. The topological polar surface area (TPSA) is 96.3 Å². The zero-order valence-electron chi connectivity index (χ0n) is 14.8. The molecule has 0 saturated carbocycles. The van der Waals surface area contributed by atoms with Crippen molar-refractivity contribution in [1.82, 2.24) is 0 Å². The number of sulfone groups is 1. The molecule has 0 aliphatic carbocycles. The summed E-state index contributed by atoms with van der Waals surface area (Å²) in [5.41, 5.74) is 2.25. The molecular formula is C19H20N2O4S2. The highest BCUT2D eigenvalue weighted by atomic mass is 32.2. The Bertz CT molecular complexity index is 919. The number of nitrogens with zero attached hydrogens (tertiary/aromatic N) is 1. The van der Waals surface area contributed by atoms with Crippen LogP contribution in [0.2, 0.25) is 0 Å². The van der Waals surface area contributed by atoms with E-state index in [0.717, 1.165) is 11.8 Å². The molecule has 142 valence electrons. The average Bonchev–Trinajstić information content (AvgIpc) is 2.61. The van der Waals surface area contributed by atoms with E-state index >= 15 is 0 Å². The van der Waals surface area contributed by atoms with Crippen LogP contribution in [0.4, 0.5) is 5.69 Å². The third-order valence-electron chi connectivity index (χ3n) is 3.43. The van der Waals surface area contributed by atoms with Gasteiger partial charge in [0, 0.05) is 23.8 Å². The number of amides is 1. The van der Waals surface area contributed by atoms with Gasteiger partial charge in [-0.05, 0) is 29.8 Å². The molecule has 2 aromatic carbocycles. The van der Waals surface area contributed by atoms with Crippen molar-refractivity contribution in [3.8, 4) is 11.8 Å². The summed E-state index contributed by atoms with van der Waals surface area (Å²) in [4.78, 5) is 12.1. The van der Waals surface area contributed by atoms with E-state index in [-0.39, 0.29) is 18.3 Å². The van der Waals surface area contributed by atoms with Crippen LogP contribution in [0, 0.1) is 11.3 Å². The van der Waals surface area contributed by atoms with Gasteiger partial charge in [0.1, 0.15) is 12.4 Å². The fraction of sp³-hybridized carbons (Fsp3) is 0.263. The Labute approximate surface area is 163 Å². The molecule has 0 aliphatic heterocycles. The third kappa shape index (κ3) is 8.15. The molecule has 0 saturated heterocycles. The molecule has 1 N–H and O–H groups in total. The minimum absolute atomic E-state index is 0.0599. The van der Waals surface area contributed by atoms with Crippen LogP contribution in [0.5, 0.6) is 5.75 Å². The molecule has 0 aromatic heterocycles. The second-order valence-electron chi connectivity index (χ2n) is 5.86. The molecule has 0 heterocycles. The first-order chi connectivity index (χ1) is 12.9. The standard InChI is InChI=1S/C19H20N2O4S2/c1-27(23,24)10-9-25-18-4-2-3-17(11-18)21-19(22)14-26-13-16-7-5-15(12-20)6-8-16/h2-8,11H,9-10,13-14H2,1H3,(H,21,22). The summed E-state index contributed by atoms with van der Waals surface area (Å²) < 4.78 is 27.6. The summed E-state index contributed by atoms with van der Waals surface area (Å²) in [5.74, 6) is 1.27. The number of rotatable bonds is 9. The van der Waals surface area contributed by atoms with E-state index in [1.54, 1.807) is 36.4 Å². The zero-order valence-corrected chi connectivity index (χ0v) is 16.5. The van der Waals surface area contributed by atoms with Gasteiger partial charge >= 0.3 is 0 Å². The van der Waals surface area contributed by atoms with E-state index in [1.165, 1.54) is 11.8 Å². The van der Waals surface area contributed by atoms with Gasteiger partial charge in [0.15, 0.2) is 9.84 Å². The molecule has 6 nitrogen and oxygen atoms in total. The Balaban J connectivity index is 1.77. The third-order valence-corrected chi connectivity index (χ3v) is 5.34. The number of carbonyl (C=O) groups is 1. The highest BCUT2D eigenvalue weighted by molar-refractivity contribution is 7.99. The highest BCUT2D eigenvalue weighted by Crippen LogP contribution is 2.18. The Hall–Kier alpha value is -2.50. The smallest absolute Gasteiger partial charge is 0.234 e. The molecule has 27 heavy (non-hydrogen) atoms. The van der Waals surface area contributed by atoms with Crippen molar-refractivity contribution in [2.24, 2.45) is 0 Å². The first kappa shape index (κ1) is 20.8. The molecule has 0 unspecified atom stereocenters. The van der Waals surface area contributed by atoms with Gasteiger partial charge in [-0.15, -0.1) is 11.8 Å². The number of hydrogen-bond donors (Lipinski definition) is 1. The van der Waals surface area contributed by atoms with Crippen LogP contribution < -0.4 is 10.1 Å². The normalized spacial score (nSPS) is 10.8. The van der Waals surface area contributed by atoms with Gasteiger partial charge in [-0.3, -0.25) is 4.79 Å². The predicted molar refractivity (Wildman–Crippen MR) is 108 cm³/mol. The average molecular weight is 405 g/mol. The summed E-state index contributed by atoms with van der Waals surface area (Å²) in [6, 6.07) is 16.2. The SMILES string of the molecule is CS(=O)(=O)CCOc1cccc(NC(=O)CSCc2ccc(C#N)cc2)c1. The molecule has 1 amide bonds. The lowest BCUT2D eigenvalue weighted by molar-refractivity contribution is -0.113. The number of carbonyl (C=O) groups excluding carboxylic acids is 1. The Morgan fingerprint density at radius 2 is 1.96 bits per heavy atom. The fourth-order valence-electron chi connectivity index (χ4n) is 2.11. The van der Waals surface area contributed by atoms with E-state index in [0.29, 0.717) is 28.5 Å². The molecule has 0 bridgehead atoms. The molecule has 8 heteroatoms. The maximum atomic E-state index is 12.1. The number of nitriles is 1. The molecule has 0 spiro atoms. The second kappa shape index (κ2) is 10.00. The van der Waals surface area contributed by atoms with Gasteiger partial charge in [0.2, 0.25) is 5.91 Å². The molecule has 2 aromatic rings. The fourth-order valence-corrected chi connectivity index (χ4v) is 3.28. The molecule has 0 aliphatic rings. The molecule has 0 atom stereocenters. The van der Waals surface area contributed by atoms with Crippen LogP contribution in [0.1, 0.15) is 11.1 Å². The predicted octanol–water partition coefficient (Wildman–Crippen LogP) is 2.85. The molecule has 2 rings (SSSR count). The highest BCUT2D eigenvalue weighted by Gasteiger charge is 2.06. The number of hydrogen-bond acceptors (Lipinski definition) is 6. The van der Waals surface area contributed by atoms with E-state index in [2.05, 4.69) is 11.4 Å². The first-order valence-corrected chi connectivity index (χ1v) is 11.3. The van der Waals surface area contributed by atoms with Gasteiger partial charge in [0.25, 0.3) is 0 Å². The van der Waals surface area contributed by atoms with Crippen LogP contribution in [-0.2, 0) is 20.4 Å². The van der Waals surface area contributed by atoms with Crippen molar-refractivity contribution < 1.29 is 17.9 Å². The largest absolute Gasteiger partial charge is 0.492 e. The van der Waals surface area contributed by atoms with Crippen LogP contribution in [0.15, 0.2) is 48.5 Å². The van der Waals surface area contributed by atoms with Crippen LogP contribution >= 0.6 is 11.8 Å². The number of ether oxygens (including phenoxy) is 1. The van der Waals surface area contributed by atoms with E-state index in [1.807, 2.05) is 12.1 Å². The maximum absolute atomic E-state index is 12.1. The summed E-state index contributed by atoms with van der Waals surface area (Å²) in [5, 5.41) is 11.6. The van der Waals surface area contributed by atoms with E-state index in [9.17, 15) is 13.2 Å². The zero-order chi connectivity index (χ0) is 19.7. The minimum Gasteiger partial charge on any atom is -0.492 e. The Morgan fingerprint density at radius 1 is 1.22 bits per heavy atom. The molecule has 0 fully saturated rings. The van der Waals surface area contributed by atoms with E-state index in [4.69, 9.17) is 10.00 Å². The quantitative estimate of drug-likeness (QED) is 0.690. The first-order valence-electron chi connectivity index (χ1n) is 8.13. The monoisotopic (exact) mass is 404 g/mol. The summed E-state index contributed by atoms with van der Waals surface area (Å²) >= 11 is 1.48. The van der Waals surface area contributed by atoms with Crippen molar-refractivity contribution in [3.05, 3.63) is 59.7 Å². The number of anilines is 1. The lowest BCUT2D eigenvalue weighted by Gasteiger charge is -2.09. The van der Waals surface area contributed by atoms with Crippen molar-refractivity contribution in [1.29, 1.82) is 5.26 Å². The second-order valence-corrected chi connectivity index (χ2v) is 9.10. The van der Waals surface area contributed by atoms with E-state index < -0.39 is 9.84 Å². The van der Waals surface area contributed by atoms with Gasteiger partial charge in [0.05, 0.1) is 23.1 Å². The summed E-state index contributed by atoms with van der Waals surface area (Å²) in [7, 11) is -3.07. The number of nitrogens with one attached hydrogen (secondary N) is 1. The van der Waals surface area contributed by atoms with Gasteiger partial charge in [-0.2, -0.15) is 5.26 Å². The number of benzene rings is 2. The summed E-state index contributed by atoms with van der Waals surface area (Å²) in [6.45, 7) is 0.0661. The Morgan fingerprint density at radius 3 is 2.63 bits per heavy atom. The van der Waals surface area contributed by atoms with Crippen molar-refractivity contribution >= 4 is 33.2 Å². The van der Waals surface area contributed by atoms with Crippen molar-refractivity contribution in [2.45, 2.75) is 5.75 Å². The van der Waals surface area contributed by atoms with Gasteiger partial charge in [-0.1, -0.05) is 18.2 Å². The summed E-state index contributed by atoms with van der Waals surface area (Å²) in [6.07, 6.45) is 1.16. The Kier molecular flexibility index (Phi) is 7.70. The van der Waals surface area contributed by atoms with Crippen LogP contribution in [0.25, 0.3) is 0 Å². The lowest BCUT2D eigenvalue weighted by atomic mass is 10.2. The van der Waals surface area contributed by atoms with Crippen molar-refractivity contribution in [3.63, 3.8) is 0 Å². The van der Waals surface area contributed by atoms with Crippen LogP contribution in [-0.4, -0.2) is 38.7 Å². The maximum Gasteiger partial charge on any atom is 0.234 e. The lowest BCUT2D eigenvalue weighted by Crippen LogP contribution is -2.14. The van der Waals surface area contributed by atoms with Gasteiger partial charge < -0.3 is 10.1 Å².